The number of nitrogens with zero attached hydrogens (tertiary/aromatic N) is 4. The van der Waals surface area contributed by atoms with Gasteiger partial charge in [0.15, 0.2) is 0 Å². The zero-order valence-electron chi connectivity index (χ0n) is 15.3. The second-order valence-corrected chi connectivity index (χ2v) is 9.29. The molecule has 1 aliphatic rings. The minimum atomic E-state index is -3.70. The fourth-order valence-electron chi connectivity index (χ4n) is 3.25. The molecule has 1 N–H and O–H groups in total. The van der Waals surface area contributed by atoms with Crippen molar-refractivity contribution in [1.82, 2.24) is 24.4 Å². The number of pyridine rings is 1. The van der Waals surface area contributed by atoms with Gasteiger partial charge in [-0.3, -0.25) is 9.48 Å². The highest BCUT2D eigenvalue weighted by Crippen LogP contribution is 2.38. The Balaban J connectivity index is 1.73. The van der Waals surface area contributed by atoms with E-state index in [-0.39, 0.29) is 30.5 Å². The van der Waals surface area contributed by atoms with Crippen LogP contribution in [0.15, 0.2) is 35.6 Å². The van der Waals surface area contributed by atoms with Gasteiger partial charge in [0.05, 0.1) is 18.9 Å². The molecule has 1 aliphatic heterocycles. The quantitative estimate of drug-likeness (QED) is 0.677. The van der Waals surface area contributed by atoms with Crippen LogP contribution in [0.2, 0.25) is 0 Å². The topological polar surface area (TPSA) is 106 Å². The summed E-state index contributed by atoms with van der Waals surface area (Å²) in [5.41, 5.74) is 0.679. The lowest BCUT2D eigenvalue weighted by Gasteiger charge is -2.32. The van der Waals surface area contributed by atoms with Gasteiger partial charge >= 0.3 is 0 Å². The van der Waals surface area contributed by atoms with Gasteiger partial charge in [-0.15, -0.1) is 11.3 Å². The Hall–Kier alpha value is -2.34. The Kier molecular flexibility index (Phi) is 4.91. The van der Waals surface area contributed by atoms with Crippen molar-refractivity contribution in [2.24, 2.45) is 7.05 Å². The number of fused-ring (bicyclic) bond motifs is 1. The Morgan fingerprint density at radius 1 is 1.43 bits per heavy atom. The van der Waals surface area contributed by atoms with Crippen LogP contribution in [0.25, 0.3) is 10.2 Å². The van der Waals surface area contributed by atoms with Crippen LogP contribution in [-0.4, -0.2) is 60.1 Å². The maximum absolute atomic E-state index is 13.0. The zero-order valence-corrected chi connectivity index (χ0v) is 17.0. The van der Waals surface area contributed by atoms with E-state index >= 15 is 0 Å². The van der Waals surface area contributed by atoms with Crippen molar-refractivity contribution in [1.29, 1.82) is 0 Å². The summed E-state index contributed by atoms with van der Waals surface area (Å²) in [5, 5.41) is 7.40. The smallest absolute Gasteiger partial charge is 0.261 e. The summed E-state index contributed by atoms with van der Waals surface area (Å²) < 4.78 is 34.7. The van der Waals surface area contributed by atoms with Gasteiger partial charge in [0, 0.05) is 50.5 Å². The predicted octanol–water partition coefficient (Wildman–Crippen LogP) is 1.15. The molecule has 4 rings (SSSR count). The van der Waals surface area contributed by atoms with Crippen LogP contribution in [-0.2, 0) is 21.8 Å². The molecule has 1 saturated heterocycles. The molecule has 0 saturated carbocycles. The van der Waals surface area contributed by atoms with Gasteiger partial charge in [0.1, 0.15) is 14.6 Å². The highest BCUT2D eigenvalue weighted by molar-refractivity contribution is 7.89. The van der Waals surface area contributed by atoms with Gasteiger partial charge in [-0.1, -0.05) is 6.07 Å². The van der Waals surface area contributed by atoms with Crippen LogP contribution in [0.5, 0.6) is 0 Å². The average molecular weight is 422 g/mol. The van der Waals surface area contributed by atoms with Gasteiger partial charge in [0.2, 0.25) is 10.0 Å². The molecule has 1 amide bonds. The number of thiophene rings is 1. The number of aromatic nitrogens is 3. The Labute approximate surface area is 166 Å². The summed E-state index contributed by atoms with van der Waals surface area (Å²) in [6.07, 6.45) is 3.90. The lowest BCUT2D eigenvalue weighted by Crippen LogP contribution is -2.42. The summed E-state index contributed by atoms with van der Waals surface area (Å²) in [5.74, 6) is -0.242. The van der Waals surface area contributed by atoms with E-state index in [1.807, 2.05) is 6.07 Å². The summed E-state index contributed by atoms with van der Waals surface area (Å²) in [7, 11) is -0.472. The number of sulfonamides is 1. The molecule has 0 bridgehead atoms. The van der Waals surface area contributed by atoms with E-state index in [2.05, 4.69) is 15.4 Å². The molecular weight excluding hydrogens is 402 g/mol. The van der Waals surface area contributed by atoms with Crippen molar-refractivity contribution < 1.29 is 17.9 Å². The van der Waals surface area contributed by atoms with Crippen LogP contribution >= 0.6 is 11.3 Å². The Morgan fingerprint density at radius 3 is 2.96 bits per heavy atom. The van der Waals surface area contributed by atoms with E-state index in [9.17, 15) is 13.2 Å². The number of carbonyl (C=O) groups excluding carboxylic acids is 1. The van der Waals surface area contributed by atoms with Gasteiger partial charge in [-0.25, -0.2) is 13.4 Å². The van der Waals surface area contributed by atoms with Crippen LogP contribution < -0.4 is 5.32 Å². The lowest BCUT2D eigenvalue weighted by molar-refractivity contribution is -0.00192. The first-order valence-corrected chi connectivity index (χ1v) is 10.9. The third-order valence-electron chi connectivity index (χ3n) is 4.61. The molecule has 148 valence electrons. The molecule has 3 aromatic rings. The third kappa shape index (κ3) is 3.20. The van der Waals surface area contributed by atoms with E-state index in [4.69, 9.17) is 4.74 Å². The van der Waals surface area contributed by atoms with Crippen molar-refractivity contribution in [2.45, 2.75) is 11.0 Å². The number of rotatable bonds is 4. The molecule has 0 spiro atoms. The van der Waals surface area contributed by atoms with E-state index in [0.717, 1.165) is 5.39 Å². The zero-order chi connectivity index (χ0) is 19.9. The number of amides is 1. The number of morpholine rings is 1. The predicted molar refractivity (Wildman–Crippen MR) is 104 cm³/mol. The SMILES string of the molecule is CNC(=O)c1sc2ncccc2c1C1CN(S(=O)(=O)c2cnn(C)c2)CCO1. The van der Waals surface area contributed by atoms with Gasteiger partial charge in [-0.2, -0.15) is 9.40 Å². The monoisotopic (exact) mass is 421 g/mol. The number of carbonyl (C=O) groups is 1. The molecule has 4 heterocycles. The van der Waals surface area contributed by atoms with E-state index in [1.54, 1.807) is 26.4 Å². The van der Waals surface area contributed by atoms with E-state index in [1.165, 1.54) is 32.7 Å². The minimum Gasteiger partial charge on any atom is -0.371 e. The van der Waals surface area contributed by atoms with Gasteiger partial charge < -0.3 is 10.1 Å². The van der Waals surface area contributed by atoms with Crippen LogP contribution in [0, 0.1) is 0 Å². The number of hydrogen-bond acceptors (Lipinski definition) is 7. The number of nitrogens with one attached hydrogen (secondary N) is 1. The summed E-state index contributed by atoms with van der Waals surface area (Å²) >= 11 is 1.27. The second-order valence-electron chi connectivity index (χ2n) is 6.35. The maximum Gasteiger partial charge on any atom is 0.261 e. The van der Waals surface area contributed by atoms with E-state index in [0.29, 0.717) is 15.3 Å². The molecule has 9 nitrogen and oxygen atoms in total. The van der Waals surface area contributed by atoms with Gasteiger partial charge in [0.25, 0.3) is 5.91 Å². The van der Waals surface area contributed by atoms with Crippen LogP contribution in [0.1, 0.15) is 21.3 Å². The number of ether oxygens (including phenoxy) is 1. The first-order chi connectivity index (χ1) is 13.4. The molecule has 0 aromatic carbocycles. The average Bonchev–Trinajstić information content (AvgIpc) is 3.31. The molecule has 11 heteroatoms. The highest BCUT2D eigenvalue weighted by atomic mass is 32.2. The molecule has 1 unspecified atom stereocenters. The molecule has 1 atom stereocenters. The highest BCUT2D eigenvalue weighted by Gasteiger charge is 2.35. The first kappa shape index (κ1) is 19.0. The molecule has 28 heavy (non-hydrogen) atoms. The van der Waals surface area contributed by atoms with E-state index < -0.39 is 16.1 Å². The molecule has 1 fully saturated rings. The van der Waals surface area contributed by atoms with Crippen LogP contribution in [0.3, 0.4) is 0 Å². The molecular formula is C17H19N5O4S2. The largest absolute Gasteiger partial charge is 0.371 e. The fourth-order valence-corrected chi connectivity index (χ4v) is 5.80. The lowest BCUT2D eigenvalue weighted by atomic mass is 10.0. The van der Waals surface area contributed by atoms with Crippen molar-refractivity contribution in [3.63, 3.8) is 0 Å². The fraction of sp³-hybridized carbons (Fsp3) is 0.353. The molecule has 0 radical (unpaired) electrons. The molecule has 3 aromatic heterocycles. The summed E-state index contributed by atoms with van der Waals surface area (Å²) in [6, 6.07) is 3.66. The van der Waals surface area contributed by atoms with Crippen molar-refractivity contribution in [3.8, 4) is 0 Å². The number of aryl methyl sites for hydroxylation is 1. The number of hydrogen-bond donors (Lipinski definition) is 1. The Bertz CT molecular complexity index is 1140. The summed E-state index contributed by atoms with van der Waals surface area (Å²) in [6.45, 7) is 0.584. The third-order valence-corrected chi connectivity index (χ3v) is 7.55. The summed E-state index contributed by atoms with van der Waals surface area (Å²) in [4.78, 5) is 18.1. The van der Waals surface area contributed by atoms with Crippen molar-refractivity contribution in [2.75, 3.05) is 26.7 Å². The molecule has 0 aliphatic carbocycles. The standard InChI is InChI=1S/C17H19N5O4S2/c1-18-16(23)15-14(12-4-3-5-19-17(12)27-15)13-10-22(6-7-26-13)28(24,25)11-8-20-21(2)9-11/h3-5,8-9,13H,6-7,10H2,1-2H3,(H,18,23). The Morgan fingerprint density at radius 2 is 2.25 bits per heavy atom. The second kappa shape index (κ2) is 7.24. The first-order valence-electron chi connectivity index (χ1n) is 8.61. The van der Waals surface area contributed by atoms with Crippen molar-refractivity contribution >= 4 is 37.5 Å². The maximum atomic E-state index is 13.0. The minimum absolute atomic E-state index is 0.113. The normalized spacial score (nSPS) is 18.4. The van der Waals surface area contributed by atoms with Crippen LogP contribution in [0.4, 0.5) is 0 Å². The van der Waals surface area contributed by atoms with Crippen molar-refractivity contribution in [3.05, 3.63) is 41.2 Å². The van der Waals surface area contributed by atoms with Gasteiger partial charge in [-0.05, 0) is 6.07 Å².